The molecule has 0 N–H and O–H groups in total. The number of carbonyl (C=O) groups excluding carboxylic acids is 1. The fourth-order valence-corrected chi connectivity index (χ4v) is 3.48. The average molecular weight is 395 g/mol. The molecule has 1 unspecified atom stereocenters. The van der Waals surface area contributed by atoms with Gasteiger partial charge >= 0.3 is 0 Å². The number of amides is 1. The van der Waals surface area contributed by atoms with E-state index >= 15 is 0 Å². The predicted molar refractivity (Wildman–Crippen MR) is 108 cm³/mol. The SMILES string of the molecule is COc1cc(OC)cc(C(=O)N2CCN(C(C#N)c3cccc(OC)c3)CC2)c1. The Kier molecular flexibility index (Phi) is 6.57. The zero-order chi connectivity index (χ0) is 20.8. The Morgan fingerprint density at radius 2 is 1.55 bits per heavy atom. The summed E-state index contributed by atoms with van der Waals surface area (Å²) in [7, 11) is 4.73. The molecule has 1 saturated heterocycles. The van der Waals surface area contributed by atoms with E-state index < -0.39 is 0 Å². The fraction of sp³-hybridized carbons (Fsp3) is 0.364. The molecule has 1 amide bonds. The highest BCUT2D eigenvalue weighted by Crippen LogP contribution is 2.27. The molecule has 7 nitrogen and oxygen atoms in total. The number of ether oxygens (including phenoxy) is 3. The molecule has 1 fully saturated rings. The highest BCUT2D eigenvalue weighted by Gasteiger charge is 2.28. The van der Waals surface area contributed by atoms with Gasteiger partial charge in [0.1, 0.15) is 23.3 Å². The molecule has 0 radical (unpaired) electrons. The Balaban J connectivity index is 1.69. The van der Waals surface area contributed by atoms with Crippen molar-refractivity contribution >= 4 is 5.91 Å². The van der Waals surface area contributed by atoms with Crippen LogP contribution in [0.2, 0.25) is 0 Å². The van der Waals surface area contributed by atoms with Gasteiger partial charge in [-0.05, 0) is 29.8 Å². The first-order valence-electron chi connectivity index (χ1n) is 9.39. The van der Waals surface area contributed by atoms with E-state index in [0.717, 1.165) is 11.3 Å². The second-order valence-corrected chi connectivity index (χ2v) is 6.74. The highest BCUT2D eigenvalue weighted by atomic mass is 16.5. The number of benzene rings is 2. The van der Waals surface area contributed by atoms with Crippen LogP contribution in [0.25, 0.3) is 0 Å². The first-order chi connectivity index (χ1) is 14.1. The number of carbonyl (C=O) groups is 1. The smallest absolute Gasteiger partial charge is 0.254 e. The predicted octanol–water partition coefficient (Wildman–Crippen LogP) is 2.74. The molecule has 0 spiro atoms. The average Bonchev–Trinajstić information content (AvgIpc) is 2.79. The molecule has 2 aromatic rings. The lowest BCUT2D eigenvalue weighted by Crippen LogP contribution is -2.49. The molecule has 1 aliphatic heterocycles. The van der Waals surface area contributed by atoms with Crippen LogP contribution in [0.3, 0.4) is 0 Å². The van der Waals surface area contributed by atoms with Gasteiger partial charge in [-0.15, -0.1) is 0 Å². The van der Waals surface area contributed by atoms with E-state index in [1.807, 2.05) is 24.3 Å². The van der Waals surface area contributed by atoms with Crippen molar-refractivity contribution in [1.29, 1.82) is 5.26 Å². The first kappa shape index (κ1) is 20.5. The van der Waals surface area contributed by atoms with Gasteiger partial charge in [0.2, 0.25) is 0 Å². The van der Waals surface area contributed by atoms with Crippen molar-refractivity contribution in [1.82, 2.24) is 9.80 Å². The van der Waals surface area contributed by atoms with Crippen molar-refractivity contribution in [3.63, 3.8) is 0 Å². The lowest BCUT2D eigenvalue weighted by Gasteiger charge is -2.37. The maximum Gasteiger partial charge on any atom is 0.254 e. The normalized spacial score (nSPS) is 15.3. The van der Waals surface area contributed by atoms with Gasteiger partial charge in [-0.3, -0.25) is 9.69 Å². The summed E-state index contributed by atoms with van der Waals surface area (Å²) in [6, 6.07) is 14.7. The first-order valence-corrected chi connectivity index (χ1v) is 9.39. The van der Waals surface area contributed by atoms with Crippen molar-refractivity contribution in [2.75, 3.05) is 47.5 Å². The van der Waals surface area contributed by atoms with Crippen molar-refractivity contribution < 1.29 is 19.0 Å². The second kappa shape index (κ2) is 9.30. The van der Waals surface area contributed by atoms with Gasteiger partial charge in [0.15, 0.2) is 0 Å². The summed E-state index contributed by atoms with van der Waals surface area (Å²) in [5.74, 6) is 1.81. The number of nitrogens with zero attached hydrogens (tertiary/aromatic N) is 3. The van der Waals surface area contributed by atoms with Crippen LogP contribution in [0, 0.1) is 11.3 Å². The van der Waals surface area contributed by atoms with Crippen LogP contribution in [-0.4, -0.2) is 63.2 Å². The van der Waals surface area contributed by atoms with E-state index in [-0.39, 0.29) is 11.9 Å². The van der Waals surface area contributed by atoms with E-state index in [2.05, 4.69) is 11.0 Å². The molecular weight excluding hydrogens is 370 g/mol. The van der Waals surface area contributed by atoms with Crippen LogP contribution in [0.4, 0.5) is 0 Å². The van der Waals surface area contributed by atoms with Crippen molar-refractivity contribution in [2.45, 2.75) is 6.04 Å². The third-order valence-electron chi connectivity index (χ3n) is 5.10. The van der Waals surface area contributed by atoms with Crippen molar-refractivity contribution in [3.05, 3.63) is 53.6 Å². The Morgan fingerprint density at radius 1 is 0.931 bits per heavy atom. The van der Waals surface area contributed by atoms with E-state index in [4.69, 9.17) is 14.2 Å². The van der Waals surface area contributed by atoms with Gasteiger partial charge in [0.25, 0.3) is 5.91 Å². The summed E-state index contributed by atoms with van der Waals surface area (Å²) in [6.45, 7) is 2.31. The third-order valence-corrected chi connectivity index (χ3v) is 5.10. The minimum atomic E-state index is -0.376. The minimum absolute atomic E-state index is 0.0725. The lowest BCUT2D eigenvalue weighted by atomic mass is 10.0. The molecule has 2 aromatic carbocycles. The van der Waals surface area contributed by atoms with Crippen LogP contribution >= 0.6 is 0 Å². The highest BCUT2D eigenvalue weighted by molar-refractivity contribution is 5.95. The Labute approximate surface area is 171 Å². The van der Waals surface area contributed by atoms with Crippen LogP contribution in [0.1, 0.15) is 22.0 Å². The van der Waals surface area contributed by atoms with E-state index in [9.17, 15) is 10.1 Å². The number of piperazine rings is 1. The van der Waals surface area contributed by atoms with Crippen LogP contribution < -0.4 is 14.2 Å². The zero-order valence-corrected chi connectivity index (χ0v) is 16.9. The molecule has 0 aliphatic carbocycles. The van der Waals surface area contributed by atoms with Gasteiger partial charge < -0.3 is 19.1 Å². The fourth-order valence-electron chi connectivity index (χ4n) is 3.48. The summed E-state index contributed by atoms with van der Waals surface area (Å²) in [5, 5.41) is 9.72. The standard InChI is InChI=1S/C22H25N3O4/c1-27-18-6-4-5-16(11-18)21(15-23)24-7-9-25(10-8-24)22(26)17-12-19(28-2)14-20(13-17)29-3/h4-6,11-14,21H,7-10H2,1-3H3. The monoisotopic (exact) mass is 395 g/mol. The molecule has 152 valence electrons. The molecule has 1 atom stereocenters. The molecule has 3 rings (SSSR count). The van der Waals surface area contributed by atoms with Gasteiger partial charge in [-0.25, -0.2) is 0 Å². The topological polar surface area (TPSA) is 75.0 Å². The van der Waals surface area contributed by atoms with E-state index in [0.29, 0.717) is 43.2 Å². The Hall–Kier alpha value is -3.24. The Morgan fingerprint density at radius 3 is 2.10 bits per heavy atom. The second-order valence-electron chi connectivity index (χ2n) is 6.74. The summed E-state index contributed by atoms with van der Waals surface area (Å²) >= 11 is 0. The summed E-state index contributed by atoms with van der Waals surface area (Å²) in [6.07, 6.45) is 0. The van der Waals surface area contributed by atoms with Gasteiger partial charge in [-0.1, -0.05) is 12.1 Å². The minimum Gasteiger partial charge on any atom is -0.497 e. The molecule has 1 heterocycles. The number of hydrogen-bond acceptors (Lipinski definition) is 6. The molecular formula is C22H25N3O4. The van der Waals surface area contributed by atoms with Crippen molar-refractivity contribution in [2.24, 2.45) is 0 Å². The molecule has 0 bridgehead atoms. The largest absolute Gasteiger partial charge is 0.497 e. The van der Waals surface area contributed by atoms with Crippen LogP contribution in [0.5, 0.6) is 17.2 Å². The summed E-state index contributed by atoms with van der Waals surface area (Å²) in [5.41, 5.74) is 1.42. The van der Waals surface area contributed by atoms with Gasteiger partial charge in [0, 0.05) is 37.8 Å². The number of methoxy groups -OCH3 is 3. The van der Waals surface area contributed by atoms with Crippen LogP contribution in [-0.2, 0) is 0 Å². The third kappa shape index (κ3) is 4.61. The number of hydrogen-bond donors (Lipinski definition) is 0. The van der Waals surface area contributed by atoms with Gasteiger partial charge in [-0.2, -0.15) is 5.26 Å². The maximum absolute atomic E-state index is 13.0. The number of rotatable bonds is 6. The molecule has 29 heavy (non-hydrogen) atoms. The van der Waals surface area contributed by atoms with E-state index in [1.54, 1.807) is 44.4 Å². The molecule has 7 heteroatoms. The van der Waals surface area contributed by atoms with Crippen molar-refractivity contribution in [3.8, 4) is 23.3 Å². The molecule has 0 saturated carbocycles. The zero-order valence-electron chi connectivity index (χ0n) is 16.9. The quantitative estimate of drug-likeness (QED) is 0.749. The van der Waals surface area contributed by atoms with Crippen LogP contribution in [0.15, 0.2) is 42.5 Å². The Bertz CT molecular complexity index is 879. The lowest BCUT2D eigenvalue weighted by molar-refractivity contribution is 0.0605. The van der Waals surface area contributed by atoms with Gasteiger partial charge in [0.05, 0.1) is 27.4 Å². The summed E-state index contributed by atoms with van der Waals surface area (Å²) < 4.78 is 15.8. The maximum atomic E-state index is 13.0. The van der Waals surface area contributed by atoms with E-state index in [1.165, 1.54) is 0 Å². The molecule has 1 aliphatic rings. The number of nitriles is 1. The molecule has 0 aromatic heterocycles. The summed E-state index contributed by atoms with van der Waals surface area (Å²) in [4.78, 5) is 16.8.